The molecule has 0 aromatic carbocycles. The zero-order chi connectivity index (χ0) is 14.1. The summed E-state index contributed by atoms with van der Waals surface area (Å²) in [7, 11) is 0. The SMILES string of the molecule is CCC(CC)(CNCC(C)C)CN1CCCSCC1. The molecule has 3 heteroatoms. The van der Waals surface area contributed by atoms with Crippen LogP contribution in [0.3, 0.4) is 0 Å². The topological polar surface area (TPSA) is 15.3 Å². The molecule has 1 N–H and O–H groups in total. The Morgan fingerprint density at radius 1 is 1.16 bits per heavy atom. The summed E-state index contributed by atoms with van der Waals surface area (Å²) in [5.74, 6) is 3.43. The minimum atomic E-state index is 0.476. The summed E-state index contributed by atoms with van der Waals surface area (Å²) >= 11 is 2.13. The highest BCUT2D eigenvalue weighted by molar-refractivity contribution is 7.99. The van der Waals surface area contributed by atoms with Crippen molar-refractivity contribution in [2.75, 3.05) is 44.2 Å². The normalized spacial score (nSPS) is 18.8. The van der Waals surface area contributed by atoms with Gasteiger partial charge in [-0.1, -0.05) is 27.7 Å². The van der Waals surface area contributed by atoms with Crippen LogP contribution in [0.5, 0.6) is 0 Å². The van der Waals surface area contributed by atoms with E-state index in [2.05, 4.69) is 49.7 Å². The highest BCUT2D eigenvalue weighted by Gasteiger charge is 2.28. The van der Waals surface area contributed by atoms with Crippen molar-refractivity contribution in [3.8, 4) is 0 Å². The second kappa shape index (κ2) is 9.25. The first-order valence-corrected chi connectivity index (χ1v) is 9.28. The van der Waals surface area contributed by atoms with Crippen LogP contribution in [-0.4, -0.2) is 49.1 Å². The average Bonchev–Trinajstić information content (AvgIpc) is 2.65. The summed E-state index contributed by atoms with van der Waals surface area (Å²) in [5, 5.41) is 3.70. The smallest absolute Gasteiger partial charge is 0.00726 e. The Labute approximate surface area is 125 Å². The third-order valence-corrected chi connectivity index (χ3v) is 5.48. The molecule has 0 saturated carbocycles. The minimum absolute atomic E-state index is 0.476. The zero-order valence-corrected chi connectivity index (χ0v) is 14.3. The summed E-state index contributed by atoms with van der Waals surface area (Å²) in [5.41, 5.74) is 0.476. The van der Waals surface area contributed by atoms with E-state index < -0.39 is 0 Å². The second-order valence-electron chi connectivity index (χ2n) is 6.47. The standard InChI is InChI=1S/C16H34N2S/c1-5-16(6-2,13-17-12-15(3)4)14-18-8-7-10-19-11-9-18/h15,17H,5-14H2,1-4H3. The first-order valence-electron chi connectivity index (χ1n) is 8.12. The molecule has 1 heterocycles. The quantitative estimate of drug-likeness (QED) is 0.735. The van der Waals surface area contributed by atoms with Crippen LogP contribution in [0.25, 0.3) is 0 Å². The molecule has 0 atom stereocenters. The summed E-state index contributed by atoms with van der Waals surface area (Å²) in [6.45, 7) is 15.5. The van der Waals surface area contributed by atoms with Gasteiger partial charge in [0.1, 0.15) is 0 Å². The zero-order valence-electron chi connectivity index (χ0n) is 13.5. The molecule has 0 unspecified atom stereocenters. The van der Waals surface area contributed by atoms with Crippen LogP contribution in [0.2, 0.25) is 0 Å². The molecule has 1 saturated heterocycles. The molecule has 0 bridgehead atoms. The van der Waals surface area contributed by atoms with E-state index in [-0.39, 0.29) is 0 Å². The third kappa shape index (κ3) is 6.50. The molecular formula is C16H34N2S. The van der Waals surface area contributed by atoms with Crippen molar-refractivity contribution in [2.24, 2.45) is 11.3 Å². The van der Waals surface area contributed by atoms with Gasteiger partial charge in [0.25, 0.3) is 0 Å². The molecule has 0 aromatic heterocycles. The van der Waals surface area contributed by atoms with Gasteiger partial charge in [-0.3, -0.25) is 0 Å². The monoisotopic (exact) mass is 286 g/mol. The minimum Gasteiger partial charge on any atom is -0.316 e. The lowest BCUT2D eigenvalue weighted by Crippen LogP contribution is -2.45. The van der Waals surface area contributed by atoms with Crippen LogP contribution in [0.1, 0.15) is 47.0 Å². The van der Waals surface area contributed by atoms with E-state index in [1.165, 1.54) is 56.9 Å². The lowest BCUT2D eigenvalue weighted by atomic mass is 9.81. The number of hydrogen-bond acceptors (Lipinski definition) is 3. The van der Waals surface area contributed by atoms with Crippen molar-refractivity contribution in [1.29, 1.82) is 0 Å². The van der Waals surface area contributed by atoms with Gasteiger partial charge in [-0.15, -0.1) is 0 Å². The van der Waals surface area contributed by atoms with Crippen LogP contribution in [0.15, 0.2) is 0 Å². The highest BCUT2D eigenvalue weighted by Crippen LogP contribution is 2.28. The fourth-order valence-corrected chi connectivity index (χ4v) is 3.76. The summed E-state index contributed by atoms with van der Waals surface area (Å²) in [4.78, 5) is 2.71. The molecule has 0 aliphatic carbocycles. The van der Waals surface area contributed by atoms with Gasteiger partial charge in [0.05, 0.1) is 0 Å². The number of hydrogen-bond donors (Lipinski definition) is 1. The molecule has 0 radical (unpaired) electrons. The van der Waals surface area contributed by atoms with Gasteiger partial charge in [0.15, 0.2) is 0 Å². The molecular weight excluding hydrogens is 252 g/mol. The molecule has 1 aliphatic rings. The van der Waals surface area contributed by atoms with Crippen LogP contribution in [-0.2, 0) is 0 Å². The van der Waals surface area contributed by atoms with E-state index in [9.17, 15) is 0 Å². The van der Waals surface area contributed by atoms with E-state index in [1.54, 1.807) is 0 Å². The van der Waals surface area contributed by atoms with E-state index in [1.807, 2.05) is 0 Å². The Balaban J connectivity index is 2.48. The highest BCUT2D eigenvalue weighted by atomic mass is 32.2. The van der Waals surface area contributed by atoms with Crippen LogP contribution >= 0.6 is 11.8 Å². The van der Waals surface area contributed by atoms with E-state index in [4.69, 9.17) is 0 Å². The second-order valence-corrected chi connectivity index (χ2v) is 7.70. The van der Waals surface area contributed by atoms with Gasteiger partial charge in [-0.2, -0.15) is 11.8 Å². The van der Waals surface area contributed by atoms with Crippen molar-refractivity contribution >= 4 is 11.8 Å². The molecule has 19 heavy (non-hydrogen) atoms. The third-order valence-electron chi connectivity index (χ3n) is 4.43. The fourth-order valence-electron chi connectivity index (χ4n) is 2.84. The Morgan fingerprint density at radius 3 is 2.53 bits per heavy atom. The largest absolute Gasteiger partial charge is 0.316 e. The Hall–Kier alpha value is 0.270. The predicted molar refractivity (Wildman–Crippen MR) is 89.1 cm³/mol. The molecule has 0 spiro atoms. The summed E-state index contributed by atoms with van der Waals surface area (Å²) < 4.78 is 0. The number of thioether (sulfide) groups is 1. The number of rotatable bonds is 8. The number of nitrogens with zero attached hydrogens (tertiary/aromatic N) is 1. The molecule has 1 fully saturated rings. The van der Waals surface area contributed by atoms with Crippen molar-refractivity contribution in [2.45, 2.75) is 47.0 Å². The fraction of sp³-hybridized carbons (Fsp3) is 1.00. The molecule has 1 rings (SSSR count). The van der Waals surface area contributed by atoms with Crippen molar-refractivity contribution < 1.29 is 0 Å². The maximum Gasteiger partial charge on any atom is 0.00726 e. The molecule has 2 nitrogen and oxygen atoms in total. The Kier molecular flexibility index (Phi) is 8.43. The molecule has 114 valence electrons. The van der Waals surface area contributed by atoms with Crippen molar-refractivity contribution in [3.63, 3.8) is 0 Å². The molecule has 0 aromatic rings. The van der Waals surface area contributed by atoms with Gasteiger partial charge in [-0.25, -0.2) is 0 Å². The van der Waals surface area contributed by atoms with Crippen LogP contribution in [0.4, 0.5) is 0 Å². The predicted octanol–water partition coefficient (Wildman–Crippen LogP) is 3.48. The van der Waals surface area contributed by atoms with Gasteiger partial charge >= 0.3 is 0 Å². The lowest BCUT2D eigenvalue weighted by molar-refractivity contribution is 0.140. The van der Waals surface area contributed by atoms with Gasteiger partial charge in [-0.05, 0) is 49.4 Å². The van der Waals surface area contributed by atoms with Crippen molar-refractivity contribution in [1.82, 2.24) is 10.2 Å². The van der Waals surface area contributed by atoms with Gasteiger partial charge in [0, 0.05) is 25.4 Å². The first kappa shape index (κ1) is 17.3. The van der Waals surface area contributed by atoms with Crippen LogP contribution in [0, 0.1) is 11.3 Å². The Morgan fingerprint density at radius 2 is 1.89 bits per heavy atom. The first-order chi connectivity index (χ1) is 9.12. The van der Waals surface area contributed by atoms with E-state index in [0.29, 0.717) is 5.41 Å². The molecule has 1 aliphatic heterocycles. The summed E-state index contributed by atoms with van der Waals surface area (Å²) in [6, 6.07) is 0. The Bertz CT molecular complexity index is 219. The van der Waals surface area contributed by atoms with Gasteiger partial charge < -0.3 is 10.2 Å². The van der Waals surface area contributed by atoms with Crippen molar-refractivity contribution in [3.05, 3.63) is 0 Å². The average molecular weight is 287 g/mol. The number of nitrogens with one attached hydrogen (secondary N) is 1. The molecule has 0 amide bonds. The maximum atomic E-state index is 3.70. The lowest BCUT2D eigenvalue weighted by Gasteiger charge is -2.37. The maximum absolute atomic E-state index is 3.70. The van der Waals surface area contributed by atoms with E-state index in [0.717, 1.165) is 12.5 Å². The van der Waals surface area contributed by atoms with E-state index >= 15 is 0 Å². The van der Waals surface area contributed by atoms with Gasteiger partial charge in [0.2, 0.25) is 0 Å². The van der Waals surface area contributed by atoms with Crippen LogP contribution < -0.4 is 5.32 Å². The summed E-state index contributed by atoms with van der Waals surface area (Å²) in [6.07, 6.45) is 3.95.